The van der Waals surface area contributed by atoms with Crippen LogP contribution in [-0.2, 0) is 14.3 Å². The van der Waals surface area contributed by atoms with Crippen molar-refractivity contribution in [1.29, 1.82) is 0 Å². The highest BCUT2D eigenvalue weighted by Crippen LogP contribution is 2.11. The van der Waals surface area contributed by atoms with E-state index in [1.165, 1.54) is 6.08 Å². The maximum atomic E-state index is 10.5. The maximum Gasteiger partial charge on any atom is 0.333 e. The Labute approximate surface area is 67.6 Å². The van der Waals surface area contributed by atoms with E-state index in [1.807, 2.05) is 0 Å². The van der Waals surface area contributed by atoms with Crippen LogP contribution in [0.15, 0.2) is 23.8 Å². The molecule has 0 amide bonds. The molecule has 1 atom stereocenters. The molecular weight excluding hydrogens is 164 g/mol. The Bertz CT molecular complexity index is 276. The minimum Gasteiger partial charge on any atom is -0.478 e. The Balaban J connectivity index is 2.86. The summed E-state index contributed by atoms with van der Waals surface area (Å²) in [4.78, 5) is 20.6. The number of carbonyl (C=O) groups excluding carboxylic acids is 1. The van der Waals surface area contributed by atoms with Crippen molar-refractivity contribution in [2.75, 3.05) is 0 Å². The lowest BCUT2D eigenvalue weighted by atomic mass is 10.2. The van der Waals surface area contributed by atoms with E-state index in [0.29, 0.717) is 0 Å². The second-order valence-electron chi connectivity index (χ2n) is 2.11. The summed E-state index contributed by atoms with van der Waals surface area (Å²) in [7, 11) is 0. The van der Waals surface area contributed by atoms with E-state index in [-0.39, 0.29) is 5.57 Å². The third-order valence-corrected chi connectivity index (χ3v) is 1.21. The predicted molar refractivity (Wildman–Crippen MR) is 37.0 cm³/mol. The molecule has 0 radical (unpaired) electrons. The van der Waals surface area contributed by atoms with Gasteiger partial charge in [0.05, 0.1) is 0 Å². The summed E-state index contributed by atoms with van der Waals surface area (Å²) in [5.41, 5.74) is 0.0436. The van der Waals surface area contributed by atoms with Crippen molar-refractivity contribution in [2.45, 2.75) is 6.29 Å². The van der Waals surface area contributed by atoms with Gasteiger partial charge in [-0.3, -0.25) is 0 Å². The number of hydrogen-bond donors (Lipinski definition) is 2. The minimum atomic E-state index is -1.47. The number of hydrogen-bond acceptors (Lipinski definition) is 4. The molecule has 0 saturated carbocycles. The van der Waals surface area contributed by atoms with Gasteiger partial charge in [-0.15, -0.1) is 0 Å². The maximum absolute atomic E-state index is 10.5. The number of ether oxygens (including phenoxy) is 1. The Hall–Kier alpha value is -1.62. The zero-order valence-corrected chi connectivity index (χ0v) is 5.93. The van der Waals surface area contributed by atoms with E-state index < -0.39 is 18.2 Å². The normalized spacial score (nSPS) is 25.6. The molecule has 1 heterocycles. The van der Waals surface area contributed by atoms with E-state index in [9.17, 15) is 9.59 Å². The first kappa shape index (κ1) is 8.48. The van der Waals surface area contributed by atoms with Gasteiger partial charge >= 0.3 is 11.9 Å². The SMILES string of the molecule is O=C(O)/C=C1/C=CC(=O)OC1O. The molecule has 0 fully saturated rings. The Morgan fingerprint density at radius 2 is 2.25 bits per heavy atom. The molecule has 2 N–H and O–H groups in total. The summed E-state index contributed by atoms with van der Waals surface area (Å²) < 4.78 is 4.30. The van der Waals surface area contributed by atoms with E-state index >= 15 is 0 Å². The van der Waals surface area contributed by atoms with Gasteiger partial charge in [-0.2, -0.15) is 0 Å². The fourth-order valence-corrected chi connectivity index (χ4v) is 0.726. The first-order valence-electron chi connectivity index (χ1n) is 3.11. The summed E-state index contributed by atoms with van der Waals surface area (Å²) in [5, 5.41) is 17.2. The van der Waals surface area contributed by atoms with Crippen molar-refractivity contribution in [2.24, 2.45) is 0 Å². The third-order valence-electron chi connectivity index (χ3n) is 1.21. The van der Waals surface area contributed by atoms with Crippen LogP contribution < -0.4 is 0 Å². The van der Waals surface area contributed by atoms with Crippen molar-refractivity contribution in [1.82, 2.24) is 0 Å². The van der Waals surface area contributed by atoms with Gasteiger partial charge < -0.3 is 14.9 Å². The summed E-state index contributed by atoms with van der Waals surface area (Å²) >= 11 is 0. The molecule has 5 heteroatoms. The van der Waals surface area contributed by atoms with Crippen LogP contribution in [0.5, 0.6) is 0 Å². The number of esters is 1. The molecule has 1 rings (SSSR count). The summed E-state index contributed by atoms with van der Waals surface area (Å²) in [6, 6.07) is 0. The highest BCUT2D eigenvalue weighted by atomic mass is 16.6. The standard InChI is InChI=1S/C7H6O5/c8-5(9)3-4-1-2-6(10)12-7(4)11/h1-3,7,11H,(H,8,9)/b4-3-. The van der Waals surface area contributed by atoms with Crippen LogP contribution in [0.25, 0.3) is 0 Å². The molecular formula is C7H6O5. The van der Waals surface area contributed by atoms with Crippen LogP contribution in [0.4, 0.5) is 0 Å². The van der Waals surface area contributed by atoms with Crippen molar-refractivity contribution in [3.05, 3.63) is 23.8 Å². The van der Waals surface area contributed by atoms with Gasteiger partial charge in [0.15, 0.2) is 0 Å². The van der Waals surface area contributed by atoms with E-state index in [0.717, 1.165) is 12.2 Å². The molecule has 0 aromatic heterocycles. The predicted octanol–water partition coefficient (Wildman–Crippen LogP) is -0.571. The number of aliphatic hydroxyl groups is 1. The number of carboxylic acids is 1. The lowest BCUT2D eigenvalue weighted by Crippen LogP contribution is -2.22. The topological polar surface area (TPSA) is 83.8 Å². The number of aliphatic hydroxyl groups excluding tert-OH is 1. The number of carbonyl (C=O) groups is 2. The number of rotatable bonds is 1. The van der Waals surface area contributed by atoms with Crippen molar-refractivity contribution < 1.29 is 24.5 Å². The molecule has 1 aliphatic rings. The highest BCUT2D eigenvalue weighted by molar-refractivity contribution is 5.86. The zero-order chi connectivity index (χ0) is 9.14. The average Bonchev–Trinajstić information content (AvgIpc) is 1.94. The smallest absolute Gasteiger partial charge is 0.333 e. The quantitative estimate of drug-likeness (QED) is 0.406. The largest absolute Gasteiger partial charge is 0.478 e. The molecule has 12 heavy (non-hydrogen) atoms. The number of cyclic esters (lactones) is 1. The van der Waals surface area contributed by atoms with Crippen LogP contribution in [0.3, 0.4) is 0 Å². The van der Waals surface area contributed by atoms with Gasteiger partial charge in [0.25, 0.3) is 0 Å². The molecule has 0 saturated heterocycles. The highest BCUT2D eigenvalue weighted by Gasteiger charge is 2.18. The van der Waals surface area contributed by atoms with Crippen LogP contribution in [0.1, 0.15) is 0 Å². The monoisotopic (exact) mass is 170 g/mol. The van der Waals surface area contributed by atoms with Crippen LogP contribution in [-0.4, -0.2) is 28.4 Å². The van der Waals surface area contributed by atoms with Crippen molar-refractivity contribution in [3.8, 4) is 0 Å². The summed E-state index contributed by atoms with van der Waals surface area (Å²) in [6.45, 7) is 0. The van der Waals surface area contributed by atoms with Crippen LogP contribution >= 0.6 is 0 Å². The average molecular weight is 170 g/mol. The fourth-order valence-electron chi connectivity index (χ4n) is 0.726. The second kappa shape index (κ2) is 3.19. The van der Waals surface area contributed by atoms with Gasteiger partial charge in [0, 0.05) is 17.7 Å². The molecule has 1 unspecified atom stereocenters. The molecule has 1 aliphatic heterocycles. The third kappa shape index (κ3) is 1.93. The first-order chi connectivity index (χ1) is 5.59. The van der Waals surface area contributed by atoms with Gasteiger partial charge in [-0.25, -0.2) is 9.59 Å². The lowest BCUT2D eigenvalue weighted by molar-refractivity contribution is -0.157. The van der Waals surface area contributed by atoms with E-state index in [2.05, 4.69) is 4.74 Å². The molecule has 0 aromatic carbocycles. The van der Waals surface area contributed by atoms with Crippen LogP contribution in [0, 0.1) is 0 Å². The Kier molecular flexibility index (Phi) is 2.25. The van der Waals surface area contributed by atoms with Gasteiger partial charge in [-0.1, -0.05) is 0 Å². The summed E-state index contributed by atoms with van der Waals surface area (Å²) in [5.74, 6) is -1.89. The number of carboxylic acid groups (broad SMARTS) is 1. The zero-order valence-electron chi connectivity index (χ0n) is 5.93. The molecule has 0 aromatic rings. The molecule has 64 valence electrons. The molecule has 0 bridgehead atoms. The van der Waals surface area contributed by atoms with E-state index in [1.54, 1.807) is 0 Å². The molecule has 0 spiro atoms. The van der Waals surface area contributed by atoms with E-state index in [4.69, 9.17) is 10.2 Å². The van der Waals surface area contributed by atoms with Gasteiger partial charge in [0.2, 0.25) is 6.29 Å². The Morgan fingerprint density at radius 1 is 1.58 bits per heavy atom. The molecule has 0 aliphatic carbocycles. The van der Waals surface area contributed by atoms with Gasteiger partial charge in [-0.05, 0) is 6.08 Å². The summed E-state index contributed by atoms with van der Waals surface area (Å²) in [6.07, 6.45) is 1.54. The first-order valence-corrected chi connectivity index (χ1v) is 3.11. The second-order valence-corrected chi connectivity index (χ2v) is 2.11. The fraction of sp³-hybridized carbons (Fsp3) is 0.143. The van der Waals surface area contributed by atoms with Crippen molar-refractivity contribution in [3.63, 3.8) is 0 Å². The van der Waals surface area contributed by atoms with Crippen LogP contribution in [0.2, 0.25) is 0 Å². The number of aliphatic carboxylic acids is 1. The molecule has 5 nitrogen and oxygen atoms in total. The minimum absolute atomic E-state index is 0.0436. The van der Waals surface area contributed by atoms with Crippen molar-refractivity contribution >= 4 is 11.9 Å². The Morgan fingerprint density at radius 3 is 2.75 bits per heavy atom. The van der Waals surface area contributed by atoms with Gasteiger partial charge in [0.1, 0.15) is 0 Å². The lowest BCUT2D eigenvalue weighted by Gasteiger charge is -2.14.